The van der Waals surface area contributed by atoms with Crippen molar-refractivity contribution < 1.29 is 23.4 Å². The van der Waals surface area contributed by atoms with Crippen molar-refractivity contribution in [3.05, 3.63) is 64.2 Å². The van der Waals surface area contributed by atoms with Crippen LogP contribution in [0.25, 0.3) is 0 Å². The van der Waals surface area contributed by atoms with Gasteiger partial charge < -0.3 is 9.84 Å². The summed E-state index contributed by atoms with van der Waals surface area (Å²) in [7, 11) is 0. The number of benzene rings is 2. The minimum atomic E-state index is -1.23. The molecule has 0 unspecified atom stereocenters. The third-order valence-electron chi connectivity index (χ3n) is 2.50. The summed E-state index contributed by atoms with van der Waals surface area (Å²) in [5.41, 5.74) is 0.184. The molecule has 0 aromatic heterocycles. The molecule has 0 fully saturated rings. The molecule has 0 saturated heterocycles. The van der Waals surface area contributed by atoms with Crippen LogP contribution in [0.1, 0.15) is 15.9 Å². The van der Waals surface area contributed by atoms with E-state index in [-0.39, 0.29) is 17.2 Å². The minimum absolute atomic E-state index is 0.0556. The van der Waals surface area contributed by atoms with Crippen molar-refractivity contribution in [1.29, 1.82) is 0 Å². The van der Waals surface area contributed by atoms with Gasteiger partial charge in [-0.05, 0) is 35.9 Å². The van der Waals surface area contributed by atoms with Gasteiger partial charge in [0, 0.05) is 6.07 Å². The number of aromatic carboxylic acids is 1. The van der Waals surface area contributed by atoms with Crippen LogP contribution >= 0.6 is 11.6 Å². The quantitative estimate of drug-likeness (QED) is 0.931. The van der Waals surface area contributed by atoms with E-state index in [1.165, 1.54) is 18.2 Å². The van der Waals surface area contributed by atoms with Crippen LogP contribution in [0.3, 0.4) is 0 Å². The molecule has 0 saturated carbocycles. The molecule has 0 aliphatic heterocycles. The molecule has 0 aliphatic rings. The molecular weight excluding hydrogens is 290 g/mol. The van der Waals surface area contributed by atoms with Gasteiger partial charge in [-0.1, -0.05) is 11.6 Å². The Labute approximate surface area is 118 Å². The first kappa shape index (κ1) is 14.3. The lowest BCUT2D eigenvalue weighted by Crippen LogP contribution is -2.02. The van der Waals surface area contributed by atoms with Crippen LogP contribution in [0.2, 0.25) is 5.02 Å². The Morgan fingerprint density at radius 2 is 1.95 bits per heavy atom. The van der Waals surface area contributed by atoms with Gasteiger partial charge in [0.1, 0.15) is 24.0 Å². The van der Waals surface area contributed by atoms with Gasteiger partial charge >= 0.3 is 5.97 Å². The Bertz CT molecular complexity index is 659. The topological polar surface area (TPSA) is 46.5 Å². The zero-order chi connectivity index (χ0) is 14.7. The van der Waals surface area contributed by atoms with E-state index in [0.29, 0.717) is 11.3 Å². The second-order valence-electron chi connectivity index (χ2n) is 4.02. The summed E-state index contributed by atoms with van der Waals surface area (Å²) in [4.78, 5) is 10.8. The van der Waals surface area contributed by atoms with Crippen molar-refractivity contribution in [2.45, 2.75) is 6.61 Å². The van der Waals surface area contributed by atoms with E-state index in [0.717, 1.165) is 18.2 Å². The fourth-order valence-electron chi connectivity index (χ4n) is 1.59. The third kappa shape index (κ3) is 3.45. The molecule has 6 heteroatoms. The molecule has 1 N–H and O–H groups in total. The van der Waals surface area contributed by atoms with E-state index in [4.69, 9.17) is 21.4 Å². The second kappa shape index (κ2) is 5.88. The molecule has 0 heterocycles. The van der Waals surface area contributed by atoms with E-state index >= 15 is 0 Å². The number of carbonyl (C=O) groups is 1. The fourth-order valence-corrected chi connectivity index (χ4v) is 1.76. The monoisotopic (exact) mass is 298 g/mol. The lowest BCUT2D eigenvalue weighted by molar-refractivity contribution is 0.0696. The maximum Gasteiger partial charge on any atom is 0.335 e. The Morgan fingerprint density at radius 1 is 1.20 bits per heavy atom. The average Bonchev–Trinajstić information content (AvgIpc) is 2.39. The molecule has 0 aliphatic carbocycles. The number of carboxylic acid groups (broad SMARTS) is 1. The van der Waals surface area contributed by atoms with Crippen LogP contribution in [0.15, 0.2) is 36.4 Å². The van der Waals surface area contributed by atoms with Crippen LogP contribution in [0.4, 0.5) is 8.78 Å². The van der Waals surface area contributed by atoms with E-state index in [1.807, 2.05) is 0 Å². The number of hydrogen-bond acceptors (Lipinski definition) is 2. The highest BCUT2D eigenvalue weighted by Gasteiger charge is 2.08. The van der Waals surface area contributed by atoms with Crippen LogP contribution in [-0.2, 0) is 6.61 Å². The number of rotatable bonds is 4. The molecule has 2 rings (SSSR count). The van der Waals surface area contributed by atoms with Crippen LogP contribution in [0, 0.1) is 11.6 Å². The number of carboxylic acids is 1. The second-order valence-corrected chi connectivity index (χ2v) is 4.43. The molecular formula is C14H9ClF2O3. The Hall–Kier alpha value is -2.14. The van der Waals surface area contributed by atoms with Crippen molar-refractivity contribution in [1.82, 2.24) is 0 Å². The number of hydrogen-bond donors (Lipinski definition) is 1. The maximum atomic E-state index is 13.2. The zero-order valence-electron chi connectivity index (χ0n) is 10.1. The van der Waals surface area contributed by atoms with Gasteiger partial charge in [-0.3, -0.25) is 0 Å². The van der Waals surface area contributed by atoms with E-state index in [9.17, 15) is 13.6 Å². The summed E-state index contributed by atoms with van der Waals surface area (Å²) < 4.78 is 31.5. The van der Waals surface area contributed by atoms with E-state index < -0.39 is 17.6 Å². The molecule has 0 bridgehead atoms. The summed E-state index contributed by atoms with van der Waals surface area (Å²) in [6, 6.07) is 7.19. The molecule has 2 aromatic rings. The Kier molecular flexibility index (Phi) is 4.20. The van der Waals surface area contributed by atoms with Crippen LogP contribution < -0.4 is 4.74 Å². The lowest BCUT2D eigenvalue weighted by atomic mass is 10.1. The van der Waals surface area contributed by atoms with Gasteiger partial charge in [-0.25, -0.2) is 13.6 Å². The summed E-state index contributed by atoms with van der Waals surface area (Å²) in [5, 5.41) is 8.73. The van der Waals surface area contributed by atoms with Crippen LogP contribution in [0.5, 0.6) is 5.75 Å². The van der Waals surface area contributed by atoms with Gasteiger partial charge in [0.05, 0.1) is 10.6 Å². The van der Waals surface area contributed by atoms with Crippen molar-refractivity contribution in [2.75, 3.05) is 0 Å². The van der Waals surface area contributed by atoms with Crippen molar-refractivity contribution in [3.63, 3.8) is 0 Å². The van der Waals surface area contributed by atoms with Crippen LogP contribution in [-0.4, -0.2) is 11.1 Å². The smallest absolute Gasteiger partial charge is 0.335 e. The average molecular weight is 299 g/mol. The van der Waals surface area contributed by atoms with Crippen molar-refractivity contribution in [3.8, 4) is 5.75 Å². The maximum absolute atomic E-state index is 13.2. The molecule has 2 aromatic carbocycles. The molecule has 104 valence electrons. The van der Waals surface area contributed by atoms with Gasteiger partial charge in [-0.2, -0.15) is 0 Å². The standard InChI is InChI=1S/C14H9ClF2O3/c15-12-6-11(1-2-13(12)17)20-7-8-3-9(14(18)19)5-10(16)4-8/h1-6H,7H2,(H,18,19). The van der Waals surface area contributed by atoms with Gasteiger partial charge in [-0.15, -0.1) is 0 Å². The zero-order valence-corrected chi connectivity index (χ0v) is 10.8. The predicted molar refractivity (Wildman–Crippen MR) is 69.1 cm³/mol. The molecule has 0 atom stereocenters. The van der Waals surface area contributed by atoms with Crippen molar-refractivity contribution in [2.24, 2.45) is 0 Å². The molecule has 0 radical (unpaired) electrons. The van der Waals surface area contributed by atoms with Gasteiger partial charge in [0.2, 0.25) is 0 Å². The SMILES string of the molecule is O=C(O)c1cc(F)cc(COc2ccc(F)c(Cl)c2)c1. The first-order valence-electron chi connectivity index (χ1n) is 5.56. The van der Waals surface area contributed by atoms with E-state index in [1.54, 1.807) is 0 Å². The Morgan fingerprint density at radius 3 is 2.60 bits per heavy atom. The Balaban J connectivity index is 2.14. The molecule has 20 heavy (non-hydrogen) atoms. The highest BCUT2D eigenvalue weighted by molar-refractivity contribution is 6.30. The van der Waals surface area contributed by atoms with Gasteiger partial charge in [0.25, 0.3) is 0 Å². The first-order valence-corrected chi connectivity index (χ1v) is 5.94. The number of ether oxygens (including phenoxy) is 1. The highest BCUT2D eigenvalue weighted by Crippen LogP contribution is 2.22. The fraction of sp³-hybridized carbons (Fsp3) is 0.0714. The van der Waals surface area contributed by atoms with Crippen molar-refractivity contribution >= 4 is 17.6 Å². The molecule has 3 nitrogen and oxygen atoms in total. The summed E-state index contributed by atoms with van der Waals surface area (Å²) in [6.45, 7) is -0.0556. The largest absolute Gasteiger partial charge is 0.489 e. The third-order valence-corrected chi connectivity index (χ3v) is 2.79. The highest BCUT2D eigenvalue weighted by atomic mass is 35.5. The summed E-state index contributed by atoms with van der Waals surface area (Å²) >= 11 is 5.59. The summed E-state index contributed by atoms with van der Waals surface area (Å²) in [6.07, 6.45) is 0. The lowest BCUT2D eigenvalue weighted by Gasteiger charge is -2.08. The normalized spacial score (nSPS) is 10.3. The first-order chi connectivity index (χ1) is 9.45. The molecule has 0 spiro atoms. The van der Waals surface area contributed by atoms with E-state index in [2.05, 4.69) is 0 Å². The molecule has 0 amide bonds. The minimum Gasteiger partial charge on any atom is -0.489 e. The summed E-state index contributed by atoms with van der Waals surface area (Å²) in [5.74, 6) is -2.16. The van der Waals surface area contributed by atoms with Gasteiger partial charge in [0.15, 0.2) is 0 Å². The number of halogens is 3. The predicted octanol–water partition coefficient (Wildman–Crippen LogP) is 3.90.